The van der Waals surface area contributed by atoms with Crippen molar-refractivity contribution in [3.8, 4) is 45.4 Å². The van der Waals surface area contributed by atoms with Gasteiger partial charge in [0.05, 0.1) is 48.0 Å². The SMILES string of the molecule is CNCc1ncc(-c2cccc(-c3cccc(-c4cnc(CN5CC6CCC[C@H]6C5)c(OC)n4)c3Cl)c2Cl)nc1OC. The molecule has 1 unspecified atom stereocenters. The molecule has 218 valence electrons. The van der Waals surface area contributed by atoms with Crippen molar-refractivity contribution in [3.63, 3.8) is 0 Å². The Labute approximate surface area is 256 Å². The van der Waals surface area contributed by atoms with E-state index in [9.17, 15) is 0 Å². The van der Waals surface area contributed by atoms with Gasteiger partial charge in [0.25, 0.3) is 0 Å². The number of likely N-dealkylation sites (tertiary alicyclic amines) is 1. The molecule has 8 nitrogen and oxygen atoms in total. The highest BCUT2D eigenvalue weighted by atomic mass is 35.5. The van der Waals surface area contributed by atoms with E-state index < -0.39 is 0 Å². The fraction of sp³-hybridized carbons (Fsp3) is 0.375. The number of hydrogen-bond acceptors (Lipinski definition) is 8. The first kappa shape index (κ1) is 28.8. The van der Waals surface area contributed by atoms with Gasteiger partial charge < -0.3 is 14.8 Å². The number of ether oxygens (including phenoxy) is 2. The molecule has 42 heavy (non-hydrogen) atoms. The number of benzene rings is 2. The first-order valence-corrected chi connectivity index (χ1v) is 15.0. The minimum absolute atomic E-state index is 0.451. The molecule has 1 aliphatic heterocycles. The lowest BCUT2D eigenvalue weighted by atomic mass is 9.98. The second-order valence-corrected chi connectivity index (χ2v) is 11.7. The summed E-state index contributed by atoms with van der Waals surface area (Å²) in [5, 5.41) is 4.12. The maximum absolute atomic E-state index is 7.05. The van der Waals surface area contributed by atoms with Crippen LogP contribution in [0.1, 0.15) is 30.7 Å². The van der Waals surface area contributed by atoms with Crippen molar-refractivity contribution in [3.05, 3.63) is 70.2 Å². The second-order valence-electron chi connectivity index (χ2n) is 10.9. The van der Waals surface area contributed by atoms with Crippen LogP contribution in [0.4, 0.5) is 0 Å². The lowest BCUT2D eigenvalue weighted by Gasteiger charge is -2.18. The molecule has 1 saturated carbocycles. The fourth-order valence-electron chi connectivity index (χ4n) is 6.33. The Morgan fingerprint density at radius 1 is 0.786 bits per heavy atom. The fourth-order valence-corrected chi connectivity index (χ4v) is 6.98. The standard InChI is InChI=1S/C32H34Cl2N6O2/c1-35-13-27-31(41-2)38-25(14-36-27)23-11-5-9-21(29(23)33)22-10-6-12-24(30(22)34)26-15-37-28(32(39-26)42-3)18-40-16-19-7-4-8-20(19)17-40/h5-6,9-12,14-15,19-20,35H,4,7-8,13,16-18H2,1-3H3/t19-,20?/m0/s1. The highest BCUT2D eigenvalue weighted by Gasteiger charge is 2.36. The van der Waals surface area contributed by atoms with Gasteiger partial charge in [0.15, 0.2) is 0 Å². The molecule has 2 aromatic heterocycles. The summed E-state index contributed by atoms with van der Waals surface area (Å²) in [4.78, 5) is 21.3. The van der Waals surface area contributed by atoms with Crippen LogP contribution in [0.3, 0.4) is 0 Å². The average molecular weight is 606 g/mol. The second kappa shape index (κ2) is 12.5. The quantitative estimate of drug-likeness (QED) is 0.230. The molecule has 6 rings (SSSR count). The van der Waals surface area contributed by atoms with Gasteiger partial charge in [-0.25, -0.2) is 9.97 Å². The van der Waals surface area contributed by atoms with Gasteiger partial charge in [-0.15, -0.1) is 0 Å². The third-order valence-electron chi connectivity index (χ3n) is 8.37. The number of methoxy groups -OCH3 is 2. The smallest absolute Gasteiger partial charge is 0.237 e. The summed E-state index contributed by atoms with van der Waals surface area (Å²) in [6, 6.07) is 11.6. The Morgan fingerprint density at radius 2 is 1.29 bits per heavy atom. The molecule has 1 N–H and O–H groups in total. The van der Waals surface area contributed by atoms with Gasteiger partial charge in [-0.1, -0.05) is 66.0 Å². The first-order chi connectivity index (χ1) is 20.5. The van der Waals surface area contributed by atoms with Crippen LogP contribution in [0.25, 0.3) is 33.6 Å². The maximum atomic E-state index is 7.05. The Kier molecular flexibility index (Phi) is 8.58. The minimum atomic E-state index is 0.451. The highest BCUT2D eigenvalue weighted by Crippen LogP contribution is 2.42. The predicted molar refractivity (Wildman–Crippen MR) is 166 cm³/mol. The summed E-state index contributed by atoms with van der Waals surface area (Å²) in [5.74, 6) is 2.62. The van der Waals surface area contributed by atoms with E-state index in [4.69, 9.17) is 42.6 Å². The van der Waals surface area contributed by atoms with Crippen molar-refractivity contribution in [2.75, 3.05) is 34.4 Å². The zero-order valence-corrected chi connectivity index (χ0v) is 25.5. The molecule has 3 heterocycles. The topological polar surface area (TPSA) is 85.3 Å². The van der Waals surface area contributed by atoms with E-state index in [0.717, 1.165) is 65.1 Å². The average Bonchev–Trinajstić information content (AvgIpc) is 3.60. The van der Waals surface area contributed by atoms with Crippen LogP contribution >= 0.6 is 23.2 Å². The van der Waals surface area contributed by atoms with Crippen molar-refractivity contribution in [1.29, 1.82) is 0 Å². The third-order valence-corrected chi connectivity index (χ3v) is 9.18. The minimum Gasteiger partial charge on any atom is -0.480 e. The van der Waals surface area contributed by atoms with Gasteiger partial charge in [-0.2, -0.15) is 0 Å². The summed E-state index contributed by atoms with van der Waals surface area (Å²) >= 11 is 14.0. The van der Waals surface area contributed by atoms with Crippen molar-refractivity contribution in [2.24, 2.45) is 11.8 Å². The predicted octanol–water partition coefficient (Wildman–Crippen LogP) is 6.54. The number of hydrogen-bond donors (Lipinski definition) is 1. The maximum Gasteiger partial charge on any atom is 0.237 e. The van der Waals surface area contributed by atoms with Crippen molar-refractivity contribution in [2.45, 2.75) is 32.4 Å². The van der Waals surface area contributed by atoms with Crippen LogP contribution in [0.15, 0.2) is 48.8 Å². The molecular weight excluding hydrogens is 571 g/mol. The molecule has 0 bridgehead atoms. The molecule has 1 saturated heterocycles. The van der Waals surface area contributed by atoms with Crippen LogP contribution in [0.2, 0.25) is 10.0 Å². The molecule has 0 radical (unpaired) electrons. The first-order valence-electron chi connectivity index (χ1n) is 14.3. The van der Waals surface area contributed by atoms with Crippen LogP contribution < -0.4 is 14.8 Å². The Balaban J connectivity index is 1.30. The number of fused-ring (bicyclic) bond motifs is 1. The zero-order valence-electron chi connectivity index (χ0n) is 24.0. The van der Waals surface area contributed by atoms with E-state index in [2.05, 4.69) is 20.2 Å². The zero-order chi connectivity index (χ0) is 29.2. The summed E-state index contributed by atoms with van der Waals surface area (Å²) in [7, 11) is 5.07. The Morgan fingerprint density at radius 3 is 1.81 bits per heavy atom. The van der Waals surface area contributed by atoms with Crippen molar-refractivity contribution < 1.29 is 9.47 Å². The van der Waals surface area contributed by atoms with E-state index in [0.29, 0.717) is 39.7 Å². The van der Waals surface area contributed by atoms with E-state index in [1.807, 2.05) is 43.4 Å². The van der Waals surface area contributed by atoms with Gasteiger partial charge in [0, 0.05) is 48.4 Å². The number of rotatable bonds is 9. The summed E-state index contributed by atoms with van der Waals surface area (Å²) in [6.07, 6.45) is 7.54. The van der Waals surface area contributed by atoms with E-state index in [-0.39, 0.29) is 0 Å². The number of halogens is 2. The van der Waals surface area contributed by atoms with Gasteiger partial charge in [0.1, 0.15) is 11.4 Å². The van der Waals surface area contributed by atoms with Gasteiger partial charge >= 0.3 is 0 Å². The van der Waals surface area contributed by atoms with Crippen LogP contribution in [-0.2, 0) is 13.1 Å². The molecule has 2 aromatic carbocycles. The monoisotopic (exact) mass is 604 g/mol. The molecular formula is C32H34Cl2N6O2. The van der Waals surface area contributed by atoms with Gasteiger partial charge in [-0.05, 0) is 31.7 Å². The molecule has 4 aromatic rings. The summed E-state index contributed by atoms with van der Waals surface area (Å²) < 4.78 is 11.2. The summed E-state index contributed by atoms with van der Waals surface area (Å²) in [5.41, 5.74) is 5.86. The molecule has 2 fully saturated rings. The lowest BCUT2D eigenvalue weighted by Crippen LogP contribution is -2.22. The Hall–Kier alpha value is -3.30. The summed E-state index contributed by atoms with van der Waals surface area (Å²) in [6.45, 7) is 3.54. The molecule has 2 atom stereocenters. The highest BCUT2D eigenvalue weighted by molar-refractivity contribution is 6.39. The Bertz CT molecular complexity index is 1590. The van der Waals surface area contributed by atoms with Gasteiger partial charge in [0.2, 0.25) is 11.8 Å². The normalized spacial score (nSPS) is 18.3. The number of nitrogens with one attached hydrogen (secondary N) is 1. The van der Waals surface area contributed by atoms with Gasteiger partial charge in [-0.3, -0.25) is 14.9 Å². The number of nitrogens with zero attached hydrogens (tertiary/aromatic N) is 5. The molecule has 2 aliphatic rings. The number of aromatic nitrogens is 4. The van der Waals surface area contributed by atoms with Crippen molar-refractivity contribution >= 4 is 23.2 Å². The van der Waals surface area contributed by atoms with Crippen LogP contribution in [0.5, 0.6) is 11.8 Å². The molecule has 0 amide bonds. The molecule has 0 spiro atoms. The largest absolute Gasteiger partial charge is 0.480 e. The molecule has 1 aliphatic carbocycles. The van der Waals surface area contributed by atoms with Crippen LogP contribution in [0, 0.1) is 11.8 Å². The van der Waals surface area contributed by atoms with Crippen molar-refractivity contribution in [1.82, 2.24) is 30.2 Å². The lowest BCUT2D eigenvalue weighted by molar-refractivity contribution is 0.289. The van der Waals surface area contributed by atoms with Crippen LogP contribution in [-0.4, -0.2) is 59.2 Å². The van der Waals surface area contributed by atoms with E-state index in [1.54, 1.807) is 26.6 Å². The van der Waals surface area contributed by atoms with E-state index >= 15 is 0 Å². The molecule has 10 heteroatoms. The third kappa shape index (κ3) is 5.56. The van der Waals surface area contributed by atoms with E-state index in [1.165, 1.54) is 19.3 Å².